The lowest BCUT2D eigenvalue weighted by molar-refractivity contribution is 0.342. The van der Waals surface area contributed by atoms with Gasteiger partial charge >= 0.3 is 0 Å². The third-order valence-corrected chi connectivity index (χ3v) is 7.19. The molecule has 0 aliphatic rings. The van der Waals surface area contributed by atoms with Crippen molar-refractivity contribution in [2.24, 2.45) is 0 Å². The van der Waals surface area contributed by atoms with Gasteiger partial charge in [0.15, 0.2) is 9.84 Å². The SMILES string of the molecule is Cc1ccc(S(=O)(=O)C(=CCO)CS(=O)(=O)c2ccccc2)cc1. The highest BCUT2D eigenvalue weighted by atomic mass is 32.2. The highest BCUT2D eigenvalue weighted by molar-refractivity contribution is 7.98. The van der Waals surface area contributed by atoms with Gasteiger partial charge in [-0.1, -0.05) is 35.9 Å². The van der Waals surface area contributed by atoms with Gasteiger partial charge in [0.2, 0.25) is 9.84 Å². The van der Waals surface area contributed by atoms with Crippen molar-refractivity contribution < 1.29 is 21.9 Å². The molecule has 7 heteroatoms. The van der Waals surface area contributed by atoms with Crippen LogP contribution in [0.3, 0.4) is 0 Å². The normalized spacial score (nSPS) is 13.0. The number of rotatable bonds is 6. The van der Waals surface area contributed by atoms with Gasteiger partial charge in [0.05, 0.1) is 27.1 Å². The van der Waals surface area contributed by atoms with E-state index in [0.29, 0.717) is 0 Å². The van der Waals surface area contributed by atoms with Crippen LogP contribution in [0.1, 0.15) is 5.56 Å². The highest BCUT2D eigenvalue weighted by Gasteiger charge is 2.26. The maximum Gasteiger partial charge on any atom is 0.203 e. The van der Waals surface area contributed by atoms with Crippen molar-refractivity contribution in [1.29, 1.82) is 0 Å². The summed E-state index contributed by atoms with van der Waals surface area (Å²) in [6, 6.07) is 13.7. The molecular formula is C17H18O5S2. The summed E-state index contributed by atoms with van der Waals surface area (Å²) >= 11 is 0. The number of aryl methyl sites for hydroxylation is 1. The first kappa shape index (κ1) is 18.4. The molecule has 2 rings (SSSR count). The van der Waals surface area contributed by atoms with Crippen molar-refractivity contribution in [3.63, 3.8) is 0 Å². The Balaban J connectivity index is 2.44. The van der Waals surface area contributed by atoms with Gasteiger partial charge in [-0.05, 0) is 37.3 Å². The molecule has 0 heterocycles. The fraction of sp³-hybridized carbons (Fsp3) is 0.176. The van der Waals surface area contributed by atoms with Crippen molar-refractivity contribution in [3.8, 4) is 0 Å². The second-order valence-corrected chi connectivity index (χ2v) is 9.23. The first-order valence-corrected chi connectivity index (χ1v) is 10.3. The van der Waals surface area contributed by atoms with E-state index >= 15 is 0 Å². The average Bonchev–Trinajstić information content (AvgIpc) is 2.55. The van der Waals surface area contributed by atoms with E-state index in [0.717, 1.165) is 11.6 Å². The van der Waals surface area contributed by atoms with Crippen LogP contribution in [0.2, 0.25) is 0 Å². The zero-order chi connectivity index (χ0) is 17.8. The van der Waals surface area contributed by atoms with Gasteiger partial charge in [0, 0.05) is 0 Å². The Bertz CT molecular complexity index is 926. The summed E-state index contributed by atoms with van der Waals surface area (Å²) in [5.41, 5.74) is 0.888. The standard InChI is InChI=1S/C17H18O5S2/c1-14-7-9-16(10-8-14)24(21,22)17(11-12-18)13-23(19,20)15-5-3-2-4-6-15/h2-11,18H,12-13H2,1H3. The third kappa shape index (κ3) is 4.11. The molecule has 0 atom stereocenters. The van der Waals surface area contributed by atoms with E-state index in [1.54, 1.807) is 30.3 Å². The molecule has 24 heavy (non-hydrogen) atoms. The Morgan fingerprint density at radius 3 is 2.04 bits per heavy atom. The van der Waals surface area contributed by atoms with Crippen molar-refractivity contribution in [1.82, 2.24) is 0 Å². The zero-order valence-corrected chi connectivity index (χ0v) is 14.7. The van der Waals surface area contributed by atoms with E-state index in [1.165, 1.54) is 24.3 Å². The maximum absolute atomic E-state index is 12.7. The smallest absolute Gasteiger partial charge is 0.203 e. The van der Waals surface area contributed by atoms with E-state index in [4.69, 9.17) is 5.11 Å². The van der Waals surface area contributed by atoms with Crippen LogP contribution in [0.5, 0.6) is 0 Å². The van der Waals surface area contributed by atoms with E-state index in [2.05, 4.69) is 0 Å². The topological polar surface area (TPSA) is 88.5 Å². The van der Waals surface area contributed by atoms with Crippen molar-refractivity contribution in [2.75, 3.05) is 12.4 Å². The second kappa shape index (κ2) is 7.29. The van der Waals surface area contributed by atoms with Crippen LogP contribution in [0.15, 0.2) is 75.4 Å². The minimum Gasteiger partial charge on any atom is -0.392 e. The third-order valence-electron chi connectivity index (χ3n) is 3.43. The molecule has 0 bridgehead atoms. The molecule has 2 aromatic rings. The fourth-order valence-corrected chi connectivity index (χ4v) is 5.52. The summed E-state index contributed by atoms with van der Waals surface area (Å²) < 4.78 is 50.3. The molecule has 5 nitrogen and oxygen atoms in total. The fourth-order valence-electron chi connectivity index (χ4n) is 2.12. The van der Waals surface area contributed by atoms with E-state index in [-0.39, 0.29) is 14.7 Å². The molecule has 0 aliphatic heterocycles. The number of benzene rings is 2. The average molecular weight is 366 g/mol. The van der Waals surface area contributed by atoms with E-state index < -0.39 is 32.0 Å². The minimum absolute atomic E-state index is 0.00365. The highest BCUT2D eigenvalue weighted by Crippen LogP contribution is 2.23. The van der Waals surface area contributed by atoms with Crippen molar-refractivity contribution in [2.45, 2.75) is 16.7 Å². The Hall–Kier alpha value is -1.96. The molecule has 0 unspecified atom stereocenters. The second-order valence-electron chi connectivity index (χ2n) is 5.24. The van der Waals surface area contributed by atoms with Gasteiger partial charge in [-0.25, -0.2) is 16.8 Å². The summed E-state index contributed by atoms with van der Waals surface area (Å²) in [5.74, 6) is -0.701. The van der Waals surface area contributed by atoms with Gasteiger partial charge in [0.25, 0.3) is 0 Å². The van der Waals surface area contributed by atoms with Crippen LogP contribution >= 0.6 is 0 Å². The lowest BCUT2D eigenvalue weighted by Gasteiger charge is -2.11. The minimum atomic E-state index is -4.00. The molecule has 0 fully saturated rings. The molecule has 0 aliphatic carbocycles. The quantitative estimate of drug-likeness (QED) is 0.846. The molecule has 1 N–H and O–H groups in total. The molecule has 2 aromatic carbocycles. The largest absolute Gasteiger partial charge is 0.392 e. The summed E-state index contributed by atoms with van der Waals surface area (Å²) in [7, 11) is -7.84. The molecule has 0 spiro atoms. The number of sulfone groups is 2. The summed E-state index contributed by atoms with van der Waals surface area (Å²) in [4.78, 5) is -0.304. The number of hydrogen-bond donors (Lipinski definition) is 1. The summed E-state index contributed by atoms with van der Waals surface area (Å²) in [5, 5.41) is 9.12. The molecule has 0 amide bonds. The molecule has 0 radical (unpaired) electrons. The Morgan fingerprint density at radius 2 is 1.50 bits per heavy atom. The molecular weight excluding hydrogens is 348 g/mol. The van der Waals surface area contributed by atoms with E-state index in [1.807, 2.05) is 6.92 Å². The van der Waals surface area contributed by atoms with Crippen LogP contribution in [-0.2, 0) is 19.7 Å². The molecule has 0 saturated heterocycles. The van der Waals surface area contributed by atoms with Crippen LogP contribution in [0.25, 0.3) is 0 Å². The van der Waals surface area contributed by atoms with Gasteiger partial charge in [-0.3, -0.25) is 0 Å². The number of hydrogen-bond acceptors (Lipinski definition) is 5. The van der Waals surface area contributed by atoms with E-state index in [9.17, 15) is 16.8 Å². The van der Waals surface area contributed by atoms with Crippen LogP contribution in [0.4, 0.5) is 0 Å². The number of aliphatic hydroxyl groups excluding tert-OH is 1. The zero-order valence-electron chi connectivity index (χ0n) is 13.1. The van der Waals surface area contributed by atoms with Crippen molar-refractivity contribution in [3.05, 3.63) is 71.1 Å². The Morgan fingerprint density at radius 1 is 0.917 bits per heavy atom. The first-order valence-electron chi connectivity index (χ1n) is 7.17. The summed E-state index contributed by atoms with van der Waals surface area (Å²) in [6.45, 7) is 1.26. The number of aliphatic hydroxyl groups is 1. The van der Waals surface area contributed by atoms with Crippen LogP contribution in [-0.4, -0.2) is 34.3 Å². The molecule has 128 valence electrons. The summed E-state index contributed by atoms with van der Waals surface area (Å²) in [6.07, 6.45) is 1.02. The monoisotopic (exact) mass is 366 g/mol. The first-order chi connectivity index (χ1) is 11.3. The van der Waals surface area contributed by atoms with Gasteiger partial charge in [0.1, 0.15) is 0 Å². The molecule has 0 saturated carbocycles. The lowest BCUT2D eigenvalue weighted by atomic mass is 10.2. The Kier molecular flexibility index (Phi) is 5.58. The predicted molar refractivity (Wildman–Crippen MR) is 92.0 cm³/mol. The Labute approximate surface area is 142 Å². The van der Waals surface area contributed by atoms with Crippen LogP contribution < -0.4 is 0 Å². The van der Waals surface area contributed by atoms with Gasteiger partial charge in [-0.2, -0.15) is 0 Å². The van der Waals surface area contributed by atoms with Gasteiger partial charge < -0.3 is 5.11 Å². The predicted octanol–water partition coefficient (Wildman–Crippen LogP) is 2.12. The lowest BCUT2D eigenvalue weighted by Crippen LogP contribution is -2.16. The maximum atomic E-state index is 12.7. The van der Waals surface area contributed by atoms with Crippen LogP contribution in [0, 0.1) is 6.92 Å². The molecule has 0 aromatic heterocycles. The van der Waals surface area contributed by atoms with Crippen molar-refractivity contribution >= 4 is 19.7 Å². The van der Waals surface area contributed by atoms with Gasteiger partial charge in [-0.15, -0.1) is 0 Å².